The fourth-order valence-electron chi connectivity index (χ4n) is 2.71. The van der Waals surface area contributed by atoms with Gasteiger partial charge in [-0.1, -0.05) is 64.2 Å². The second-order valence-electron chi connectivity index (χ2n) is 6.40. The second kappa shape index (κ2) is 16.5. The van der Waals surface area contributed by atoms with Gasteiger partial charge >= 0.3 is 0 Å². The topological polar surface area (TPSA) is 46.2 Å². The first-order chi connectivity index (χ1) is 10.7. The molecule has 1 N–H and O–H groups in total. The van der Waals surface area contributed by atoms with Crippen LogP contribution >= 0.6 is 0 Å². The van der Waals surface area contributed by atoms with Crippen molar-refractivity contribution in [1.29, 1.82) is 0 Å². The van der Waals surface area contributed by atoms with Gasteiger partial charge in [-0.3, -0.25) is 4.79 Å². The molecule has 0 aliphatic heterocycles. The number of unbranched alkanes of at least 4 members (excludes halogenated alkanes) is 11. The molecule has 3 nitrogen and oxygen atoms in total. The van der Waals surface area contributed by atoms with Crippen LogP contribution in [-0.4, -0.2) is 18.2 Å². The van der Waals surface area contributed by atoms with E-state index in [9.17, 15) is 9.59 Å². The van der Waals surface area contributed by atoms with E-state index in [4.69, 9.17) is 0 Å². The van der Waals surface area contributed by atoms with Crippen molar-refractivity contribution in [1.82, 2.24) is 5.32 Å². The number of ketones is 1. The van der Waals surface area contributed by atoms with E-state index in [1.165, 1.54) is 64.2 Å². The number of nitrogens with one attached hydrogen (secondary N) is 1. The summed E-state index contributed by atoms with van der Waals surface area (Å²) in [6, 6.07) is 0. The standard InChI is InChI=1S/C19H37NO2/c1-3-20-19(22)17-15-13-11-9-7-5-4-6-8-10-12-14-16-18(2)21/h3-17H2,1-2H3,(H,20,22). The SMILES string of the molecule is CCNC(=O)CCCCCCCCCCCCCCC(C)=O. The van der Waals surface area contributed by atoms with Crippen LogP contribution in [0.15, 0.2) is 0 Å². The predicted molar refractivity (Wildman–Crippen MR) is 94.0 cm³/mol. The maximum absolute atomic E-state index is 11.2. The van der Waals surface area contributed by atoms with Crippen LogP contribution in [0.1, 0.15) is 104 Å². The van der Waals surface area contributed by atoms with Crippen LogP contribution in [-0.2, 0) is 9.59 Å². The van der Waals surface area contributed by atoms with Crippen LogP contribution in [0.5, 0.6) is 0 Å². The van der Waals surface area contributed by atoms with Gasteiger partial charge in [-0.2, -0.15) is 0 Å². The van der Waals surface area contributed by atoms with Crippen molar-refractivity contribution in [3.05, 3.63) is 0 Å². The summed E-state index contributed by atoms with van der Waals surface area (Å²) in [5, 5.41) is 2.84. The van der Waals surface area contributed by atoms with Gasteiger partial charge in [0.2, 0.25) is 5.91 Å². The minimum atomic E-state index is 0.200. The fraction of sp³-hybridized carbons (Fsp3) is 0.895. The lowest BCUT2D eigenvalue weighted by atomic mass is 10.0. The van der Waals surface area contributed by atoms with Gasteiger partial charge in [-0.15, -0.1) is 0 Å². The highest BCUT2D eigenvalue weighted by Crippen LogP contribution is 2.13. The van der Waals surface area contributed by atoms with Crippen molar-refractivity contribution < 1.29 is 9.59 Å². The highest BCUT2D eigenvalue weighted by Gasteiger charge is 1.99. The smallest absolute Gasteiger partial charge is 0.219 e. The summed E-state index contributed by atoms with van der Waals surface area (Å²) in [5.74, 6) is 0.525. The molecule has 0 fully saturated rings. The van der Waals surface area contributed by atoms with Crippen molar-refractivity contribution in [2.45, 2.75) is 104 Å². The van der Waals surface area contributed by atoms with Gasteiger partial charge in [0.15, 0.2) is 0 Å². The molecule has 0 atom stereocenters. The molecule has 130 valence electrons. The maximum atomic E-state index is 11.2. The Morgan fingerprint density at radius 1 is 0.636 bits per heavy atom. The zero-order valence-electron chi connectivity index (χ0n) is 14.9. The largest absolute Gasteiger partial charge is 0.356 e. The number of hydrogen-bond donors (Lipinski definition) is 1. The van der Waals surface area contributed by atoms with Crippen molar-refractivity contribution in [3.63, 3.8) is 0 Å². The molecule has 0 aromatic carbocycles. The quantitative estimate of drug-likeness (QED) is 0.400. The first-order valence-corrected chi connectivity index (χ1v) is 9.43. The van der Waals surface area contributed by atoms with E-state index in [-0.39, 0.29) is 5.91 Å². The molecule has 1 amide bonds. The molecule has 0 heterocycles. The third kappa shape index (κ3) is 17.2. The molecule has 0 spiro atoms. The van der Waals surface area contributed by atoms with Crippen molar-refractivity contribution in [3.8, 4) is 0 Å². The maximum Gasteiger partial charge on any atom is 0.219 e. The van der Waals surface area contributed by atoms with Crippen molar-refractivity contribution >= 4 is 11.7 Å². The first kappa shape index (κ1) is 21.1. The minimum Gasteiger partial charge on any atom is -0.356 e. The van der Waals surface area contributed by atoms with Crippen LogP contribution in [0.3, 0.4) is 0 Å². The van der Waals surface area contributed by atoms with Crippen molar-refractivity contribution in [2.24, 2.45) is 0 Å². The highest BCUT2D eigenvalue weighted by molar-refractivity contribution is 5.75. The molecule has 0 saturated carbocycles. The summed E-state index contributed by atoms with van der Waals surface area (Å²) in [5.41, 5.74) is 0. The highest BCUT2D eigenvalue weighted by atomic mass is 16.1. The second-order valence-corrected chi connectivity index (χ2v) is 6.40. The van der Waals surface area contributed by atoms with E-state index in [2.05, 4.69) is 5.32 Å². The molecule has 0 aliphatic rings. The summed E-state index contributed by atoms with van der Waals surface area (Å²) in [6.45, 7) is 4.39. The number of carbonyl (C=O) groups is 2. The van der Waals surface area contributed by atoms with Crippen LogP contribution < -0.4 is 5.32 Å². The van der Waals surface area contributed by atoms with Crippen molar-refractivity contribution in [2.75, 3.05) is 6.54 Å². The Bertz CT molecular complexity index is 277. The van der Waals surface area contributed by atoms with E-state index in [1.807, 2.05) is 6.92 Å². The van der Waals surface area contributed by atoms with Gasteiger partial charge < -0.3 is 10.1 Å². The van der Waals surface area contributed by atoms with E-state index in [0.29, 0.717) is 12.2 Å². The molecule has 3 heteroatoms. The summed E-state index contributed by atoms with van der Waals surface area (Å²) >= 11 is 0. The van der Waals surface area contributed by atoms with Gasteiger partial charge in [0, 0.05) is 19.4 Å². The lowest BCUT2D eigenvalue weighted by molar-refractivity contribution is -0.121. The number of amides is 1. The molecule has 22 heavy (non-hydrogen) atoms. The normalized spacial score (nSPS) is 10.6. The number of hydrogen-bond acceptors (Lipinski definition) is 2. The Balaban J connectivity index is 3.05. The van der Waals surface area contributed by atoms with Gasteiger partial charge in [0.25, 0.3) is 0 Å². The molecule has 0 aliphatic carbocycles. The Kier molecular flexibility index (Phi) is 15.9. The van der Waals surface area contributed by atoms with Gasteiger partial charge in [0.05, 0.1) is 0 Å². The molecule has 0 rings (SSSR count). The molecule has 0 saturated heterocycles. The lowest BCUT2D eigenvalue weighted by Crippen LogP contribution is -2.21. The minimum absolute atomic E-state index is 0.200. The van der Waals surface area contributed by atoms with E-state index in [1.54, 1.807) is 6.92 Å². The van der Waals surface area contributed by atoms with Crippen LogP contribution in [0.2, 0.25) is 0 Å². The zero-order valence-corrected chi connectivity index (χ0v) is 14.9. The van der Waals surface area contributed by atoms with Crippen LogP contribution in [0, 0.1) is 0 Å². The molecule has 0 aromatic heterocycles. The molecule has 0 radical (unpaired) electrons. The van der Waals surface area contributed by atoms with Gasteiger partial charge in [-0.25, -0.2) is 0 Å². The molecular weight excluding hydrogens is 274 g/mol. The average molecular weight is 312 g/mol. The van der Waals surface area contributed by atoms with Crippen LogP contribution in [0.25, 0.3) is 0 Å². The zero-order chi connectivity index (χ0) is 16.5. The third-order valence-electron chi connectivity index (χ3n) is 4.06. The number of Topliss-reactive ketones (excluding diaryl/α,β-unsaturated/α-hetero) is 1. The van der Waals surface area contributed by atoms with Gasteiger partial charge in [-0.05, 0) is 26.7 Å². The molecular formula is C19H37NO2. The molecule has 0 aromatic rings. The van der Waals surface area contributed by atoms with Crippen LogP contribution in [0.4, 0.5) is 0 Å². The average Bonchev–Trinajstić information content (AvgIpc) is 2.47. The predicted octanol–water partition coefficient (Wildman–Crippen LogP) is 5.17. The summed E-state index contributed by atoms with van der Waals surface area (Å²) in [7, 11) is 0. The number of rotatable bonds is 16. The summed E-state index contributed by atoms with van der Waals surface area (Å²) < 4.78 is 0. The van der Waals surface area contributed by atoms with E-state index in [0.717, 1.165) is 25.8 Å². The Morgan fingerprint density at radius 2 is 1.00 bits per heavy atom. The molecule has 0 bridgehead atoms. The Labute approximate surface area is 137 Å². The summed E-state index contributed by atoms with van der Waals surface area (Å²) in [6.07, 6.45) is 16.5. The monoisotopic (exact) mass is 311 g/mol. The first-order valence-electron chi connectivity index (χ1n) is 9.43. The fourth-order valence-corrected chi connectivity index (χ4v) is 2.71. The Hall–Kier alpha value is -0.860. The van der Waals surface area contributed by atoms with E-state index >= 15 is 0 Å². The molecule has 0 unspecified atom stereocenters. The third-order valence-corrected chi connectivity index (χ3v) is 4.06. The van der Waals surface area contributed by atoms with E-state index < -0.39 is 0 Å². The van der Waals surface area contributed by atoms with Gasteiger partial charge in [0.1, 0.15) is 5.78 Å². The lowest BCUT2D eigenvalue weighted by Gasteiger charge is -2.03. The number of carbonyl (C=O) groups excluding carboxylic acids is 2. The Morgan fingerprint density at radius 3 is 1.36 bits per heavy atom. The summed E-state index contributed by atoms with van der Waals surface area (Å²) in [4.78, 5) is 22.0.